The van der Waals surface area contributed by atoms with E-state index < -0.39 is 5.54 Å². The predicted octanol–water partition coefficient (Wildman–Crippen LogP) is 3.35. The average Bonchev–Trinajstić information content (AvgIpc) is 3.13. The Morgan fingerprint density at radius 3 is 2.86 bits per heavy atom. The topological polar surface area (TPSA) is 90.5 Å². The lowest BCUT2D eigenvalue weighted by molar-refractivity contribution is 0.0987. The van der Waals surface area contributed by atoms with Crippen LogP contribution in [-0.2, 0) is 16.7 Å². The summed E-state index contributed by atoms with van der Waals surface area (Å²) in [5, 5.41) is 0. The minimum Gasteiger partial charge on any atom is -0.431 e. The van der Waals surface area contributed by atoms with Gasteiger partial charge >= 0.3 is 0 Å². The van der Waals surface area contributed by atoms with E-state index in [-0.39, 0.29) is 29.7 Å². The van der Waals surface area contributed by atoms with E-state index in [9.17, 15) is 9.18 Å². The van der Waals surface area contributed by atoms with E-state index in [4.69, 9.17) is 10.5 Å². The van der Waals surface area contributed by atoms with Crippen LogP contribution in [0, 0.1) is 12.7 Å². The molecular formula is C21H21FN4O2. The van der Waals surface area contributed by atoms with Gasteiger partial charge in [-0.3, -0.25) is 9.78 Å². The maximum atomic E-state index is 14.8. The number of aromatic nitrogens is 2. The lowest BCUT2D eigenvalue weighted by atomic mass is 9.82. The molecule has 0 saturated carbocycles. The Morgan fingerprint density at radius 2 is 2.11 bits per heavy atom. The maximum Gasteiger partial charge on any atom is 0.288 e. The summed E-state index contributed by atoms with van der Waals surface area (Å²) in [6, 6.07) is 4.72. The van der Waals surface area contributed by atoms with Gasteiger partial charge in [0, 0.05) is 30.2 Å². The number of carbonyl (C=O) groups is 1. The number of Topliss-reactive ketones (excluding diaryl/α,β-unsaturated/α-hetero) is 1. The molecule has 2 N–H and O–H groups in total. The van der Waals surface area contributed by atoms with E-state index in [1.807, 2.05) is 6.92 Å². The van der Waals surface area contributed by atoms with Crippen LogP contribution in [0.5, 0.6) is 0 Å². The van der Waals surface area contributed by atoms with Crippen LogP contribution in [0.3, 0.4) is 0 Å². The zero-order chi connectivity index (χ0) is 19.9. The molecule has 0 radical (unpaired) electrons. The molecule has 4 rings (SSSR count). The second-order valence-corrected chi connectivity index (χ2v) is 7.34. The first-order valence-electron chi connectivity index (χ1n) is 9.23. The van der Waals surface area contributed by atoms with Crippen molar-refractivity contribution in [3.63, 3.8) is 0 Å². The molecule has 2 aromatic rings. The Balaban J connectivity index is 1.68. The Hall–Kier alpha value is -3.09. The van der Waals surface area contributed by atoms with E-state index >= 15 is 0 Å². The van der Waals surface area contributed by atoms with Crippen LogP contribution in [0.25, 0.3) is 0 Å². The predicted molar refractivity (Wildman–Crippen MR) is 102 cm³/mol. The van der Waals surface area contributed by atoms with Crippen LogP contribution in [0.15, 0.2) is 46.9 Å². The van der Waals surface area contributed by atoms with E-state index in [0.29, 0.717) is 11.1 Å². The average molecular weight is 380 g/mol. The number of amidine groups is 1. The number of carbonyl (C=O) groups excluding carboxylic acids is 1. The van der Waals surface area contributed by atoms with E-state index in [1.54, 1.807) is 25.3 Å². The van der Waals surface area contributed by atoms with Gasteiger partial charge in [-0.2, -0.15) is 0 Å². The van der Waals surface area contributed by atoms with Gasteiger partial charge in [0.1, 0.15) is 22.8 Å². The minimum atomic E-state index is -0.930. The normalized spacial score (nSPS) is 21.2. The number of hydrogen-bond acceptors (Lipinski definition) is 6. The molecule has 0 fully saturated rings. The quantitative estimate of drug-likeness (QED) is 0.822. The lowest BCUT2D eigenvalue weighted by Gasteiger charge is -2.32. The number of halogens is 1. The second-order valence-electron chi connectivity index (χ2n) is 7.34. The highest BCUT2D eigenvalue weighted by atomic mass is 19.1. The van der Waals surface area contributed by atoms with Crippen molar-refractivity contribution in [1.82, 2.24) is 9.97 Å². The fourth-order valence-corrected chi connectivity index (χ4v) is 3.87. The van der Waals surface area contributed by atoms with Gasteiger partial charge in [-0.1, -0.05) is 6.07 Å². The van der Waals surface area contributed by atoms with Crippen molar-refractivity contribution < 1.29 is 13.9 Å². The number of aliphatic imine (C=N–C) groups is 1. The summed E-state index contributed by atoms with van der Waals surface area (Å²) in [5.74, 6) is 0.225. The molecule has 1 aliphatic heterocycles. The fourth-order valence-electron chi connectivity index (χ4n) is 3.87. The number of rotatable bonds is 4. The molecule has 2 aliphatic rings. The molecule has 1 atom stereocenters. The molecule has 0 amide bonds. The SMILES string of the molecule is Cc1cnc(C(=O)Cc2ccc(F)c([C@@]3(C)N=C(N)OC4=C3CCC4)c2)cn1. The van der Waals surface area contributed by atoms with Crippen LogP contribution in [0.1, 0.15) is 53.5 Å². The summed E-state index contributed by atoms with van der Waals surface area (Å²) in [5.41, 5.74) is 8.00. The van der Waals surface area contributed by atoms with Gasteiger partial charge in [0.25, 0.3) is 6.02 Å². The molecule has 6 nitrogen and oxygen atoms in total. The molecule has 1 aromatic carbocycles. The summed E-state index contributed by atoms with van der Waals surface area (Å²) in [4.78, 5) is 25.2. The second kappa shape index (κ2) is 6.82. The van der Waals surface area contributed by atoms with Crippen molar-refractivity contribution in [2.45, 2.75) is 45.1 Å². The van der Waals surface area contributed by atoms with E-state index in [1.165, 1.54) is 12.3 Å². The standard InChI is InChI=1S/C21H21FN4O2/c1-12-10-25-17(11-24-12)18(27)9-13-6-7-16(22)15(8-13)21(2)14-4-3-5-19(14)28-20(23)26-21/h6-8,10-11H,3-5,9H2,1-2H3,(H2,23,26)/t21-/m0/s1. The fraction of sp³-hybridized carbons (Fsp3) is 0.333. The Bertz CT molecular complexity index is 1010. The van der Waals surface area contributed by atoms with Crippen LogP contribution < -0.4 is 5.73 Å². The first kappa shape index (κ1) is 18.3. The van der Waals surface area contributed by atoms with E-state index in [2.05, 4.69) is 15.0 Å². The van der Waals surface area contributed by atoms with Gasteiger partial charge in [-0.25, -0.2) is 14.4 Å². The third kappa shape index (κ3) is 3.17. The van der Waals surface area contributed by atoms with Gasteiger partial charge in [-0.05, 0) is 44.4 Å². The molecule has 1 aromatic heterocycles. The van der Waals surface area contributed by atoms with Crippen LogP contribution >= 0.6 is 0 Å². The zero-order valence-corrected chi connectivity index (χ0v) is 15.8. The summed E-state index contributed by atoms with van der Waals surface area (Å²) in [7, 11) is 0. The van der Waals surface area contributed by atoms with Gasteiger partial charge in [0.2, 0.25) is 0 Å². The number of benzene rings is 1. The van der Waals surface area contributed by atoms with Crippen LogP contribution in [-0.4, -0.2) is 21.8 Å². The van der Waals surface area contributed by atoms with Gasteiger partial charge in [-0.15, -0.1) is 0 Å². The lowest BCUT2D eigenvalue weighted by Crippen LogP contribution is -2.33. The monoisotopic (exact) mass is 380 g/mol. The molecule has 7 heteroatoms. The van der Waals surface area contributed by atoms with Crippen LogP contribution in [0.2, 0.25) is 0 Å². The number of allylic oxidation sites excluding steroid dienone is 1. The molecule has 1 aliphatic carbocycles. The smallest absolute Gasteiger partial charge is 0.288 e. The minimum absolute atomic E-state index is 0.0407. The summed E-state index contributed by atoms with van der Waals surface area (Å²) in [6.45, 7) is 3.65. The van der Waals surface area contributed by atoms with Gasteiger partial charge < -0.3 is 10.5 Å². The molecule has 2 heterocycles. The van der Waals surface area contributed by atoms with Gasteiger partial charge in [0.15, 0.2) is 5.78 Å². The Kier molecular flexibility index (Phi) is 4.45. The number of hydrogen-bond donors (Lipinski definition) is 1. The van der Waals surface area contributed by atoms with Crippen molar-refractivity contribution >= 4 is 11.8 Å². The number of nitrogens with two attached hydrogens (primary N) is 1. The highest BCUT2D eigenvalue weighted by Crippen LogP contribution is 2.46. The molecule has 0 saturated heterocycles. The third-order valence-corrected chi connectivity index (χ3v) is 5.30. The summed E-state index contributed by atoms with van der Waals surface area (Å²) in [6.07, 6.45) is 5.59. The zero-order valence-electron chi connectivity index (χ0n) is 15.8. The van der Waals surface area contributed by atoms with Crippen molar-refractivity contribution in [2.24, 2.45) is 10.7 Å². The highest BCUT2D eigenvalue weighted by Gasteiger charge is 2.41. The number of ketones is 1. The first-order valence-corrected chi connectivity index (χ1v) is 9.23. The molecule has 0 unspecified atom stereocenters. The van der Waals surface area contributed by atoms with Crippen LogP contribution in [0.4, 0.5) is 4.39 Å². The maximum absolute atomic E-state index is 14.8. The molecular weight excluding hydrogens is 359 g/mol. The third-order valence-electron chi connectivity index (χ3n) is 5.30. The number of nitrogens with zero attached hydrogens (tertiary/aromatic N) is 3. The van der Waals surface area contributed by atoms with Crippen molar-refractivity contribution in [3.05, 3.63) is 70.3 Å². The Labute approximate surface area is 162 Å². The first-order chi connectivity index (χ1) is 13.4. The highest BCUT2D eigenvalue weighted by molar-refractivity contribution is 5.95. The number of aryl methyl sites for hydroxylation is 1. The van der Waals surface area contributed by atoms with Gasteiger partial charge in [0.05, 0.1) is 11.9 Å². The molecule has 28 heavy (non-hydrogen) atoms. The largest absolute Gasteiger partial charge is 0.431 e. The molecule has 0 bridgehead atoms. The molecule has 144 valence electrons. The Morgan fingerprint density at radius 1 is 1.29 bits per heavy atom. The van der Waals surface area contributed by atoms with E-state index in [0.717, 1.165) is 36.3 Å². The van der Waals surface area contributed by atoms with Crippen molar-refractivity contribution in [2.75, 3.05) is 0 Å². The number of ether oxygens (including phenoxy) is 1. The summed E-state index contributed by atoms with van der Waals surface area (Å²) >= 11 is 0. The van der Waals surface area contributed by atoms with Crippen molar-refractivity contribution in [3.8, 4) is 0 Å². The van der Waals surface area contributed by atoms with Crippen molar-refractivity contribution in [1.29, 1.82) is 0 Å². The molecule has 0 spiro atoms. The summed E-state index contributed by atoms with van der Waals surface area (Å²) < 4.78 is 20.4.